The van der Waals surface area contributed by atoms with Gasteiger partial charge in [0.15, 0.2) is 17.5 Å². The number of unbranched alkanes of at least 4 members (excludes halogenated alkanes) is 2. The lowest BCUT2D eigenvalue weighted by atomic mass is 9.96. The van der Waals surface area contributed by atoms with Crippen LogP contribution in [0.3, 0.4) is 0 Å². The maximum absolute atomic E-state index is 13.4. The van der Waals surface area contributed by atoms with Gasteiger partial charge in [-0.2, -0.15) is 23.5 Å². The van der Waals surface area contributed by atoms with Crippen molar-refractivity contribution in [3.8, 4) is 0 Å². The summed E-state index contributed by atoms with van der Waals surface area (Å²) in [7, 11) is 0. The Morgan fingerprint density at radius 2 is 1.16 bits per heavy atom. The molecule has 19 heteroatoms. The Bertz CT molecular complexity index is 1700. The number of carbonyl (C=O) groups is 5. The number of ketones is 4. The number of nitrogens with two attached hydrogens (primary N) is 3. The monoisotopic (exact) mass is 973 g/mol. The van der Waals surface area contributed by atoms with Gasteiger partial charge in [0.05, 0.1) is 50.4 Å². The third kappa shape index (κ3) is 20.1. The number of aliphatic imine (C=N–C) groups is 2. The van der Waals surface area contributed by atoms with Gasteiger partial charge in [-0.1, -0.05) is 12.8 Å². The van der Waals surface area contributed by atoms with Crippen molar-refractivity contribution in [1.29, 1.82) is 0 Å². The first-order valence-electron chi connectivity index (χ1n) is 24.6. The number of urea groups is 1. The summed E-state index contributed by atoms with van der Waals surface area (Å²) >= 11 is 3.94. The molecule has 2 amide bonds. The number of fused-ring (bicyclic) bond motifs is 2. The van der Waals surface area contributed by atoms with E-state index >= 15 is 0 Å². The zero-order chi connectivity index (χ0) is 47.6. The van der Waals surface area contributed by atoms with E-state index < -0.39 is 6.03 Å². The van der Waals surface area contributed by atoms with Gasteiger partial charge in [0.25, 0.3) is 0 Å². The van der Waals surface area contributed by atoms with Crippen LogP contribution in [0.5, 0.6) is 0 Å². The molecule has 4 aliphatic heterocycles. The van der Waals surface area contributed by atoms with Crippen LogP contribution in [-0.2, 0) is 28.5 Å². The number of nitrogens with zero attached hydrogens (tertiary/aromatic N) is 2. The summed E-state index contributed by atoms with van der Waals surface area (Å²) in [5.74, 6) is 4.20. The molecule has 0 unspecified atom stereocenters. The Morgan fingerprint density at radius 3 is 1.78 bits per heavy atom. The zero-order valence-corrected chi connectivity index (χ0v) is 41.0. The van der Waals surface area contributed by atoms with E-state index in [1.165, 1.54) is 0 Å². The van der Waals surface area contributed by atoms with Crippen LogP contribution >= 0.6 is 23.5 Å². The number of guanidine groups is 1. The maximum atomic E-state index is 13.4. The number of benzene rings is 1. The molecular weight excluding hydrogens is 897 g/mol. The molecule has 4 aliphatic rings. The van der Waals surface area contributed by atoms with Gasteiger partial charge in [-0.3, -0.25) is 24.2 Å². The molecular formula is C48H76N8O9S2. The number of carbonyl (C=O) groups excluding carboxylic acids is 5. The fourth-order valence-corrected chi connectivity index (χ4v) is 12.0. The molecule has 4 heterocycles. The minimum atomic E-state index is -0.500. The second-order valence-corrected chi connectivity index (χ2v) is 20.4. The van der Waals surface area contributed by atoms with Crippen molar-refractivity contribution < 1.29 is 42.9 Å². The average Bonchev–Trinajstić information content (AvgIpc) is 4.08. The summed E-state index contributed by atoms with van der Waals surface area (Å²) < 4.78 is 22.3. The number of amidine groups is 1. The SMILES string of the molecule is NCCOCCOCCNC(=O)Nc1cc(C(=O)CCCOCCCC(=O)CCCC[C@@H]2SC[C@@H]3CC(N)=N[C@@H]32)cc(C(=O)CCCOCCCC(=O)CCCC[C@@H]2SC[C@@H]3NC(N)=N[C@@H]32)c1. The van der Waals surface area contributed by atoms with Crippen molar-refractivity contribution in [1.82, 2.24) is 10.6 Å². The molecule has 0 radical (unpaired) electrons. The van der Waals surface area contributed by atoms with Gasteiger partial charge < -0.3 is 52.1 Å². The normalized spacial score (nSPS) is 21.6. The van der Waals surface area contributed by atoms with Gasteiger partial charge in [0, 0.05) is 118 Å². The Morgan fingerprint density at radius 1 is 0.627 bits per heavy atom. The highest BCUT2D eigenvalue weighted by Gasteiger charge is 2.41. The zero-order valence-electron chi connectivity index (χ0n) is 39.3. The number of anilines is 1. The van der Waals surface area contributed by atoms with Crippen molar-refractivity contribution in [2.75, 3.05) is 82.8 Å². The van der Waals surface area contributed by atoms with Crippen LogP contribution in [0.1, 0.15) is 130 Å². The summed E-state index contributed by atoms with van der Waals surface area (Å²) in [6, 6.07) is 5.18. The first kappa shape index (κ1) is 54.4. The summed E-state index contributed by atoms with van der Waals surface area (Å²) in [6.07, 6.45) is 11.5. The molecule has 0 saturated carbocycles. The Kier molecular flexibility index (Phi) is 25.0. The van der Waals surface area contributed by atoms with E-state index in [9.17, 15) is 24.0 Å². The molecule has 0 aromatic heterocycles. The van der Waals surface area contributed by atoms with Crippen LogP contribution in [-0.4, -0.2) is 147 Å². The lowest BCUT2D eigenvalue weighted by Gasteiger charge is -2.14. The Balaban J connectivity index is 0.953. The minimum Gasteiger partial charge on any atom is -0.387 e. The van der Waals surface area contributed by atoms with Crippen molar-refractivity contribution in [2.24, 2.45) is 33.1 Å². The molecule has 1 aromatic carbocycles. The predicted octanol–water partition coefficient (Wildman–Crippen LogP) is 5.21. The van der Waals surface area contributed by atoms with E-state index in [0.29, 0.717) is 155 Å². The largest absolute Gasteiger partial charge is 0.387 e. The number of hydrogen-bond acceptors (Lipinski definition) is 17. The smallest absolute Gasteiger partial charge is 0.319 e. The van der Waals surface area contributed by atoms with Crippen molar-refractivity contribution in [3.63, 3.8) is 0 Å². The van der Waals surface area contributed by atoms with Gasteiger partial charge in [-0.25, -0.2) is 9.79 Å². The topological polar surface area (TPSA) is 261 Å². The highest BCUT2D eigenvalue weighted by molar-refractivity contribution is 8.00. The quantitative estimate of drug-likeness (QED) is 0.0369. The van der Waals surface area contributed by atoms with E-state index in [-0.39, 0.29) is 55.2 Å². The summed E-state index contributed by atoms with van der Waals surface area (Å²) in [5.41, 5.74) is 18.1. The van der Waals surface area contributed by atoms with Crippen molar-refractivity contribution >= 4 is 70.2 Å². The van der Waals surface area contributed by atoms with Crippen LogP contribution in [0.15, 0.2) is 28.2 Å². The fourth-order valence-electron chi connectivity index (χ4n) is 8.84. The molecule has 17 nitrogen and oxygen atoms in total. The molecule has 2 fully saturated rings. The van der Waals surface area contributed by atoms with E-state index in [1.807, 2.05) is 23.5 Å². The number of thioether (sulfide) groups is 2. The number of hydrogen-bond donors (Lipinski definition) is 6. The predicted molar refractivity (Wildman–Crippen MR) is 267 cm³/mol. The highest BCUT2D eigenvalue weighted by atomic mass is 32.2. The third-order valence-corrected chi connectivity index (χ3v) is 15.4. The summed E-state index contributed by atoms with van der Waals surface area (Å²) in [5, 5.41) is 9.69. The molecule has 2 saturated heterocycles. The van der Waals surface area contributed by atoms with E-state index in [0.717, 1.165) is 62.3 Å². The molecule has 0 bridgehead atoms. The van der Waals surface area contributed by atoms with Crippen molar-refractivity contribution in [3.05, 3.63) is 29.3 Å². The third-order valence-electron chi connectivity index (χ3n) is 12.3. The average molecular weight is 973 g/mol. The first-order chi connectivity index (χ1) is 32.6. The first-order valence-corrected chi connectivity index (χ1v) is 26.6. The molecule has 374 valence electrons. The fraction of sp³-hybridized carbons (Fsp3) is 0.729. The minimum absolute atomic E-state index is 0.178. The summed E-state index contributed by atoms with van der Waals surface area (Å²) in [4.78, 5) is 73.7. The number of rotatable bonds is 37. The van der Waals surface area contributed by atoms with Gasteiger partial charge in [-0.05, 0) is 81.2 Å². The molecule has 9 N–H and O–H groups in total. The molecule has 1 aromatic rings. The van der Waals surface area contributed by atoms with Gasteiger partial charge in [0.1, 0.15) is 11.6 Å². The van der Waals surface area contributed by atoms with Crippen LogP contribution in [0.2, 0.25) is 0 Å². The standard InChI is InChI=1S/C48H76N8O9S2/c49-17-23-64-25-26-65-24-18-52-48(61)53-36-28-33(40(59)13-7-21-62-19-5-11-37(57)9-1-3-15-42-45-35(31-66-42)30-44(50)55-45)27-34(29-36)41(60)14-8-22-63-20-6-12-38(58)10-2-4-16-43-46-39(32-67-43)54-47(51)56-46/h27-29,35,39,42-43,45-46H,1-26,30-32,49H2,(H2,50,55)(H3,51,54,56)(H2,52,53,61)/t35-,39-,42-,43-,45-,46-/m0/s1. The molecule has 0 aliphatic carbocycles. The number of amides is 2. The van der Waals surface area contributed by atoms with Crippen LogP contribution in [0.25, 0.3) is 0 Å². The van der Waals surface area contributed by atoms with E-state index in [1.54, 1.807) is 18.2 Å². The number of Topliss-reactive ketones (excluding diaryl/α,β-unsaturated/α-hetero) is 4. The molecule has 6 atom stereocenters. The second-order valence-electron chi connectivity index (χ2n) is 17.8. The van der Waals surface area contributed by atoms with E-state index in [2.05, 4.69) is 25.9 Å². The molecule has 5 rings (SSSR count). The second kappa shape index (κ2) is 30.8. The van der Waals surface area contributed by atoms with Crippen LogP contribution in [0, 0.1) is 5.92 Å². The van der Waals surface area contributed by atoms with Gasteiger partial charge >= 0.3 is 6.03 Å². The molecule has 0 spiro atoms. The Hall–Kier alpha value is -3.59. The molecule has 67 heavy (non-hydrogen) atoms. The van der Waals surface area contributed by atoms with Gasteiger partial charge in [0.2, 0.25) is 0 Å². The van der Waals surface area contributed by atoms with Crippen LogP contribution < -0.4 is 33.2 Å². The highest BCUT2D eigenvalue weighted by Crippen LogP contribution is 2.41. The van der Waals surface area contributed by atoms with Gasteiger partial charge in [-0.15, -0.1) is 0 Å². The number of nitrogens with one attached hydrogen (secondary N) is 3. The summed E-state index contributed by atoms with van der Waals surface area (Å²) in [6.45, 7) is 3.78. The maximum Gasteiger partial charge on any atom is 0.319 e. The lowest BCUT2D eigenvalue weighted by Crippen LogP contribution is -2.38. The van der Waals surface area contributed by atoms with Crippen molar-refractivity contribution in [2.45, 2.75) is 138 Å². The van der Waals surface area contributed by atoms with Crippen LogP contribution in [0.4, 0.5) is 10.5 Å². The number of ether oxygens (including phenoxy) is 4. The van der Waals surface area contributed by atoms with E-state index in [4.69, 9.17) is 36.1 Å². The Labute approximate surface area is 405 Å². The lowest BCUT2D eigenvalue weighted by molar-refractivity contribution is -0.120.